The summed E-state index contributed by atoms with van der Waals surface area (Å²) in [4.78, 5) is 11.9. The van der Waals surface area contributed by atoms with Crippen LogP contribution in [-0.2, 0) is 0 Å². The van der Waals surface area contributed by atoms with Crippen LogP contribution in [-0.4, -0.2) is 16.8 Å². The van der Waals surface area contributed by atoms with Crippen LogP contribution in [0, 0.1) is 0 Å². The molecule has 0 saturated heterocycles. The normalized spacial score (nSPS) is 11.4. The van der Waals surface area contributed by atoms with Crippen molar-refractivity contribution in [2.24, 2.45) is 5.16 Å². The smallest absolute Gasteiger partial charge is 0.256 e. The summed E-state index contributed by atoms with van der Waals surface area (Å²) >= 11 is 4.79. The van der Waals surface area contributed by atoms with Crippen LogP contribution in [0.2, 0.25) is 0 Å². The summed E-state index contributed by atoms with van der Waals surface area (Å²) in [5.74, 6) is -0.151. The highest BCUT2D eigenvalue weighted by Crippen LogP contribution is 2.21. The number of nitrogens with zero attached hydrogens (tertiary/aromatic N) is 1. The molecule has 98 valence electrons. The number of rotatable bonds is 3. The highest BCUT2D eigenvalue weighted by molar-refractivity contribution is 9.11. The van der Waals surface area contributed by atoms with E-state index in [-0.39, 0.29) is 5.91 Å². The van der Waals surface area contributed by atoms with Gasteiger partial charge in [-0.25, -0.2) is 0 Å². The molecule has 19 heavy (non-hydrogen) atoms. The van der Waals surface area contributed by atoms with E-state index in [0.29, 0.717) is 17.0 Å². The first-order chi connectivity index (χ1) is 9.10. The molecule has 1 aromatic heterocycles. The Morgan fingerprint density at radius 1 is 1.32 bits per heavy atom. The van der Waals surface area contributed by atoms with Gasteiger partial charge < -0.3 is 10.5 Å². The molecule has 0 aliphatic rings. The average Bonchev–Trinajstić information content (AvgIpc) is 2.85. The maximum Gasteiger partial charge on any atom is 0.256 e. The number of amides is 1. The molecule has 4 nitrogen and oxygen atoms in total. The van der Waals surface area contributed by atoms with Gasteiger partial charge in [-0.05, 0) is 46.6 Å². The van der Waals surface area contributed by atoms with Crippen molar-refractivity contribution < 1.29 is 10.0 Å². The van der Waals surface area contributed by atoms with Crippen LogP contribution in [0.25, 0.3) is 0 Å². The van der Waals surface area contributed by atoms with Crippen molar-refractivity contribution in [1.82, 2.24) is 0 Å². The fourth-order valence-electron chi connectivity index (χ4n) is 1.48. The molecule has 2 N–H and O–H groups in total. The third-order valence-corrected chi connectivity index (χ3v) is 4.04. The molecular weight excluding hydrogens is 328 g/mol. The van der Waals surface area contributed by atoms with Crippen LogP contribution in [0.5, 0.6) is 0 Å². The number of benzene rings is 1. The Bertz CT molecular complexity index is 620. The van der Waals surface area contributed by atoms with Crippen molar-refractivity contribution in [1.29, 1.82) is 0 Å². The molecule has 2 aromatic rings. The van der Waals surface area contributed by atoms with Gasteiger partial charge in [0.25, 0.3) is 5.91 Å². The standard InChI is InChI=1S/C13H11BrN2O2S/c1-8(16-18)9-2-4-11(5-3-9)15-13(17)10-6-12(14)19-7-10/h2-7,18H,1H3,(H,15,17)/b16-8-. The van der Waals surface area contributed by atoms with Crippen molar-refractivity contribution in [2.45, 2.75) is 6.92 Å². The molecule has 0 saturated carbocycles. The minimum atomic E-state index is -0.151. The second-order valence-corrected chi connectivity index (χ2v) is 6.15. The molecule has 0 aliphatic heterocycles. The van der Waals surface area contributed by atoms with E-state index in [1.165, 1.54) is 11.3 Å². The second kappa shape index (κ2) is 5.99. The van der Waals surface area contributed by atoms with E-state index in [1.54, 1.807) is 42.6 Å². The van der Waals surface area contributed by atoms with Gasteiger partial charge in [-0.3, -0.25) is 4.79 Å². The molecule has 0 fully saturated rings. The minimum Gasteiger partial charge on any atom is -0.411 e. The number of nitrogens with one attached hydrogen (secondary N) is 1. The monoisotopic (exact) mass is 338 g/mol. The summed E-state index contributed by atoms with van der Waals surface area (Å²) in [6, 6.07) is 8.88. The lowest BCUT2D eigenvalue weighted by Crippen LogP contribution is -2.10. The third-order valence-electron chi connectivity index (χ3n) is 2.54. The summed E-state index contributed by atoms with van der Waals surface area (Å²) in [7, 11) is 0. The van der Waals surface area contributed by atoms with E-state index < -0.39 is 0 Å². The van der Waals surface area contributed by atoms with Crippen LogP contribution < -0.4 is 5.32 Å². The van der Waals surface area contributed by atoms with Crippen molar-refractivity contribution >= 4 is 44.6 Å². The lowest BCUT2D eigenvalue weighted by atomic mass is 10.1. The number of carbonyl (C=O) groups is 1. The predicted molar refractivity (Wildman–Crippen MR) is 80.4 cm³/mol. The van der Waals surface area contributed by atoms with E-state index in [2.05, 4.69) is 26.4 Å². The van der Waals surface area contributed by atoms with Gasteiger partial charge in [0.2, 0.25) is 0 Å². The van der Waals surface area contributed by atoms with Gasteiger partial charge in [0.05, 0.1) is 15.1 Å². The summed E-state index contributed by atoms with van der Waals surface area (Å²) < 4.78 is 0.919. The van der Waals surface area contributed by atoms with Crippen molar-refractivity contribution in [3.63, 3.8) is 0 Å². The van der Waals surface area contributed by atoms with Gasteiger partial charge >= 0.3 is 0 Å². The Labute approximate surface area is 122 Å². The van der Waals surface area contributed by atoms with Crippen LogP contribution >= 0.6 is 27.3 Å². The third kappa shape index (κ3) is 3.42. The molecule has 0 unspecified atom stereocenters. The van der Waals surface area contributed by atoms with Crippen LogP contribution in [0.4, 0.5) is 5.69 Å². The number of hydrogen-bond acceptors (Lipinski definition) is 4. The Morgan fingerprint density at radius 2 is 2.00 bits per heavy atom. The van der Waals surface area contributed by atoms with Gasteiger partial charge in [0, 0.05) is 11.1 Å². The van der Waals surface area contributed by atoms with Gasteiger partial charge in [-0.2, -0.15) is 0 Å². The Kier molecular flexibility index (Phi) is 4.34. The van der Waals surface area contributed by atoms with Gasteiger partial charge in [0.15, 0.2) is 0 Å². The fraction of sp³-hybridized carbons (Fsp3) is 0.0769. The predicted octanol–water partition coefficient (Wildman–Crippen LogP) is 3.96. The van der Waals surface area contributed by atoms with Crippen LogP contribution in [0.15, 0.2) is 44.7 Å². The second-order valence-electron chi connectivity index (χ2n) is 3.86. The molecule has 0 spiro atoms. The van der Waals surface area contributed by atoms with E-state index in [4.69, 9.17) is 5.21 Å². The molecule has 1 amide bonds. The summed E-state index contributed by atoms with van der Waals surface area (Å²) in [5.41, 5.74) is 2.65. The zero-order valence-electron chi connectivity index (χ0n) is 10.1. The molecule has 2 rings (SSSR count). The maximum atomic E-state index is 11.9. The lowest BCUT2D eigenvalue weighted by molar-refractivity contribution is 0.102. The van der Waals surface area contributed by atoms with Gasteiger partial charge in [-0.1, -0.05) is 17.3 Å². The zero-order chi connectivity index (χ0) is 13.8. The Hall–Kier alpha value is -1.66. The van der Waals surface area contributed by atoms with E-state index in [0.717, 1.165) is 9.35 Å². The summed E-state index contributed by atoms with van der Waals surface area (Å²) in [5, 5.41) is 16.4. The van der Waals surface area contributed by atoms with Crippen LogP contribution in [0.1, 0.15) is 22.8 Å². The van der Waals surface area contributed by atoms with E-state index in [9.17, 15) is 4.79 Å². The van der Waals surface area contributed by atoms with Crippen molar-refractivity contribution in [3.8, 4) is 0 Å². The number of thiophene rings is 1. The molecule has 1 aromatic carbocycles. The first-order valence-electron chi connectivity index (χ1n) is 5.44. The van der Waals surface area contributed by atoms with E-state index in [1.807, 2.05) is 0 Å². The average molecular weight is 339 g/mol. The largest absolute Gasteiger partial charge is 0.411 e. The summed E-state index contributed by atoms with van der Waals surface area (Å²) in [6.07, 6.45) is 0. The van der Waals surface area contributed by atoms with Gasteiger partial charge in [-0.15, -0.1) is 11.3 Å². The Morgan fingerprint density at radius 3 is 2.53 bits per heavy atom. The number of halogens is 1. The molecule has 0 radical (unpaired) electrons. The summed E-state index contributed by atoms with van der Waals surface area (Å²) in [6.45, 7) is 1.70. The molecule has 0 aliphatic carbocycles. The first kappa shape index (κ1) is 13.8. The maximum absolute atomic E-state index is 11.9. The minimum absolute atomic E-state index is 0.151. The van der Waals surface area contributed by atoms with Gasteiger partial charge in [0.1, 0.15) is 0 Å². The molecular formula is C13H11BrN2O2S. The van der Waals surface area contributed by atoms with E-state index >= 15 is 0 Å². The Balaban J connectivity index is 2.10. The fourth-order valence-corrected chi connectivity index (χ4v) is 2.62. The number of anilines is 1. The molecule has 0 atom stereocenters. The molecule has 1 heterocycles. The highest BCUT2D eigenvalue weighted by atomic mass is 79.9. The lowest BCUT2D eigenvalue weighted by Gasteiger charge is -2.05. The SMILES string of the molecule is C/C(=N/O)c1ccc(NC(=O)c2csc(Br)c2)cc1. The molecule has 6 heteroatoms. The quantitative estimate of drug-likeness (QED) is 0.505. The highest BCUT2D eigenvalue weighted by Gasteiger charge is 2.08. The molecule has 0 bridgehead atoms. The van der Waals surface area contributed by atoms with Crippen LogP contribution in [0.3, 0.4) is 0 Å². The number of oxime groups is 1. The number of carbonyl (C=O) groups excluding carboxylic acids is 1. The number of hydrogen-bond donors (Lipinski definition) is 2. The van der Waals surface area contributed by atoms with Crippen molar-refractivity contribution in [3.05, 3.63) is 50.6 Å². The topological polar surface area (TPSA) is 61.7 Å². The van der Waals surface area contributed by atoms with Crippen molar-refractivity contribution in [2.75, 3.05) is 5.32 Å². The first-order valence-corrected chi connectivity index (χ1v) is 7.12. The zero-order valence-corrected chi connectivity index (χ0v) is 12.5.